The molecule has 1 aromatic carbocycles. The van der Waals surface area contributed by atoms with E-state index >= 15 is 0 Å². The van der Waals surface area contributed by atoms with Gasteiger partial charge in [-0.2, -0.15) is 5.10 Å². The maximum Gasteiger partial charge on any atom is 0.356 e. The number of nitrogens with zero attached hydrogens (tertiary/aromatic N) is 2. The molecule has 0 bridgehead atoms. The van der Waals surface area contributed by atoms with Gasteiger partial charge in [0.25, 0.3) is 0 Å². The molecule has 0 saturated carbocycles. The lowest BCUT2D eigenvalue weighted by Gasteiger charge is -2.05. The van der Waals surface area contributed by atoms with Gasteiger partial charge in [-0.3, -0.25) is 4.57 Å². The van der Waals surface area contributed by atoms with E-state index < -0.39 is 7.60 Å². The van der Waals surface area contributed by atoms with E-state index in [2.05, 4.69) is 5.10 Å². The van der Waals surface area contributed by atoms with Gasteiger partial charge in [0.05, 0.1) is 11.0 Å². The summed E-state index contributed by atoms with van der Waals surface area (Å²) in [5, 5.41) is 4.01. The van der Waals surface area contributed by atoms with E-state index in [0.717, 1.165) is 5.69 Å². The molecule has 1 heterocycles. The summed E-state index contributed by atoms with van der Waals surface area (Å²) in [6.45, 7) is 0. The molecule has 78 valence electrons. The second-order valence-electron chi connectivity index (χ2n) is 3.01. The molecule has 2 N–H and O–H groups in total. The van der Waals surface area contributed by atoms with Crippen LogP contribution in [0.3, 0.4) is 0 Å². The molecule has 0 atom stereocenters. The summed E-state index contributed by atoms with van der Waals surface area (Å²) in [4.78, 5) is 17.8. The molecule has 5 nitrogen and oxygen atoms in total. The van der Waals surface area contributed by atoms with Gasteiger partial charge in [-0.25, -0.2) is 4.68 Å². The van der Waals surface area contributed by atoms with Crippen molar-refractivity contribution in [3.63, 3.8) is 0 Å². The van der Waals surface area contributed by atoms with Crippen LogP contribution >= 0.6 is 7.60 Å². The fourth-order valence-electron chi connectivity index (χ4n) is 1.22. The zero-order chi connectivity index (χ0) is 10.9. The Kier molecular flexibility index (Phi) is 2.44. The molecule has 0 unspecified atom stereocenters. The minimum atomic E-state index is -4.14. The molecule has 0 radical (unpaired) electrons. The van der Waals surface area contributed by atoms with Crippen LogP contribution in [0.2, 0.25) is 0 Å². The number of hydrogen-bond donors (Lipinski definition) is 2. The highest BCUT2D eigenvalue weighted by molar-refractivity contribution is 7.60. The van der Waals surface area contributed by atoms with Gasteiger partial charge in [-0.05, 0) is 30.3 Å². The summed E-state index contributed by atoms with van der Waals surface area (Å²) in [5.41, 5.74) is 0.761. The van der Waals surface area contributed by atoms with Crippen molar-refractivity contribution in [1.29, 1.82) is 0 Å². The van der Waals surface area contributed by atoms with Crippen LogP contribution in [0.4, 0.5) is 0 Å². The number of hydrogen-bond acceptors (Lipinski definition) is 2. The SMILES string of the molecule is O=P(O)(O)c1ccc(-n2cccn2)cc1. The number of rotatable bonds is 2. The first kappa shape index (κ1) is 10.1. The standard InChI is InChI=1S/C9H9N2O3P/c12-15(13,14)9-4-2-8(3-5-9)11-7-1-6-10-11/h1-7H,(H2,12,13,14). The lowest BCUT2D eigenvalue weighted by molar-refractivity contribution is 0.387. The maximum atomic E-state index is 10.9. The lowest BCUT2D eigenvalue weighted by Crippen LogP contribution is -2.04. The first-order chi connectivity index (χ1) is 7.07. The minimum absolute atomic E-state index is 0.0124. The predicted octanol–water partition coefficient (Wildman–Crippen LogP) is 0.675. The second kappa shape index (κ2) is 3.62. The molecule has 1 aromatic heterocycles. The fraction of sp³-hybridized carbons (Fsp3) is 0. The van der Waals surface area contributed by atoms with E-state index in [9.17, 15) is 4.57 Å². The van der Waals surface area contributed by atoms with Crippen LogP contribution in [0, 0.1) is 0 Å². The molecule has 6 heteroatoms. The predicted molar refractivity (Wildman–Crippen MR) is 55.2 cm³/mol. The van der Waals surface area contributed by atoms with Crippen molar-refractivity contribution in [2.75, 3.05) is 0 Å². The molecule has 15 heavy (non-hydrogen) atoms. The monoisotopic (exact) mass is 224 g/mol. The van der Waals surface area contributed by atoms with E-state index in [-0.39, 0.29) is 5.30 Å². The molecule has 0 spiro atoms. The molecular weight excluding hydrogens is 215 g/mol. The highest BCUT2D eigenvalue weighted by Crippen LogP contribution is 2.32. The highest BCUT2D eigenvalue weighted by Gasteiger charge is 2.16. The third kappa shape index (κ3) is 2.15. The molecule has 2 rings (SSSR count). The summed E-state index contributed by atoms with van der Waals surface area (Å²) in [7, 11) is -4.14. The van der Waals surface area contributed by atoms with Gasteiger partial charge in [0.1, 0.15) is 0 Å². The highest BCUT2D eigenvalue weighted by atomic mass is 31.2. The van der Waals surface area contributed by atoms with Crippen LogP contribution in [-0.4, -0.2) is 19.6 Å². The van der Waals surface area contributed by atoms with Crippen molar-refractivity contribution >= 4 is 12.9 Å². The van der Waals surface area contributed by atoms with Crippen LogP contribution in [0.15, 0.2) is 42.7 Å². The van der Waals surface area contributed by atoms with Gasteiger partial charge in [0.2, 0.25) is 0 Å². The van der Waals surface area contributed by atoms with Gasteiger partial charge in [0.15, 0.2) is 0 Å². The van der Waals surface area contributed by atoms with Crippen LogP contribution in [0.1, 0.15) is 0 Å². The van der Waals surface area contributed by atoms with E-state index in [1.165, 1.54) is 12.1 Å². The number of aromatic nitrogens is 2. The molecule has 0 aliphatic carbocycles. The van der Waals surface area contributed by atoms with Gasteiger partial charge in [0, 0.05) is 12.4 Å². The average Bonchev–Trinajstić information content (AvgIpc) is 2.69. The van der Waals surface area contributed by atoms with Crippen LogP contribution in [0.25, 0.3) is 5.69 Å². The minimum Gasteiger partial charge on any atom is -0.321 e. The Balaban J connectivity index is 2.37. The third-order valence-corrected chi connectivity index (χ3v) is 2.93. The van der Waals surface area contributed by atoms with Gasteiger partial charge >= 0.3 is 7.60 Å². The Hall–Kier alpha value is -1.42. The normalized spacial score (nSPS) is 11.6. The Morgan fingerprint density at radius 3 is 2.33 bits per heavy atom. The maximum absolute atomic E-state index is 10.9. The summed E-state index contributed by atoms with van der Waals surface area (Å²) >= 11 is 0. The van der Waals surface area contributed by atoms with Gasteiger partial charge < -0.3 is 9.79 Å². The van der Waals surface area contributed by atoms with Gasteiger partial charge in [-0.1, -0.05) is 0 Å². The Labute approximate surface area is 86.1 Å². The number of benzene rings is 1. The van der Waals surface area contributed by atoms with Gasteiger partial charge in [-0.15, -0.1) is 0 Å². The van der Waals surface area contributed by atoms with Crippen molar-refractivity contribution < 1.29 is 14.4 Å². The quantitative estimate of drug-likeness (QED) is 0.735. The average molecular weight is 224 g/mol. The van der Waals surface area contributed by atoms with Crippen molar-refractivity contribution in [2.45, 2.75) is 0 Å². The zero-order valence-electron chi connectivity index (χ0n) is 7.69. The van der Waals surface area contributed by atoms with Crippen molar-refractivity contribution in [2.24, 2.45) is 0 Å². The van der Waals surface area contributed by atoms with E-state index in [1.54, 1.807) is 35.3 Å². The van der Waals surface area contributed by atoms with Crippen LogP contribution in [-0.2, 0) is 4.57 Å². The Morgan fingerprint density at radius 2 is 1.87 bits per heavy atom. The van der Waals surface area contributed by atoms with Crippen molar-refractivity contribution in [1.82, 2.24) is 9.78 Å². The van der Waals surface area contributed by atoms with Crippen LogP contribution < -0.4 is 5.30 Å². The topological polar surface area (TPSA) is 75.3 Å². The zero-order valence-corrected chi connectivity index (χ0v) is 8.58. The largest absolute Gasteiger partial charge is 0.356 e. The van der Waals surface area contributed by atoms with Crippen molar-refractivity contribution in [3.8, 4) is 5.69 Å². The summed E-state index contributed by atoms with van der Waals surface area (Å²) in [5.74, 6) is 0. The Bertz CT molecular complexity index is 487. The summed E-state index contributed by atoms with van der Waals surface area (Å²) < 4.78 is 12.5. The second-order valence-corrected chi connectivity index (χ2v) is 4.62. The Morgan fingerprint density at radius 1 is 1.20 bits per heavy atom. The molecule has 0 saturated heterocycles. The smallest absolute Gasteiger partial charge is 0.321 e. The van der Waals surface area contributed by atoms with Crippen molar-refractivity contribution in [3.05, 3.63) is 42.7 Å². The summed E-state index contributed by atoms with van der Waals surface area (Å²) in [6, 6.07) is 7.80. The molecule has 2 aromatic rings. The molecule has 0 amide bonds. The molecule has 0 aliphatic heterocycles. The molecular formula is C9H9N2O3P. The first-order valence-corrected chi connectivity index (χ1v) is 5.85. The lowest BCUT2D eigenvalue weighted by atomic mass is 10.3. The first-order valence-electron chi connectivity index (χ1n) is 4.23. The molecule has 0 aliphatic rings. The van der Waals surface area contributed by atoms with E-state index in [1.807, 2.05) is 0 Å². The van der Waals surface area contributed by atoms with Crippen LogP contribution in [0.5, 0.6) is 0 Å². The molecule has 0 fully saturated rings. The van der Waals surface area contributed by atoms with E-state index in [4.69, 9.17) is 9.79 Å². The fourth-order valence-corrected chi connectivity index (χ4v) is 1.76. The van der Waals surface area contributed by atoms with E-state index in [0.29, 0.717) is 0 Å². The summed E-state index contributed by atoms with van der Waals surface area (Å²) in [6.07, 6.45) is 3.39. The third-order valence-electron chi connectivity index (χ3n) is 1.96.